The minimum atomic E-state index is -1.00. The van der Waals surface area contributed by atoms with Gasteiger partial charge in [-0.05, 0) is 34.1 Å². The Morgan fingerprint density at radius 2 is 1.88 bits per heavy atom. The van der Waals surface area contributed by atoms with Crippen molar-refractivity contribution in [2.45, 2.75) is 20.8 Å². The van der Waals surface area contributed by atoms with E-state index in [-0.39, 0.29) is 11.5 Å². The number of hydrogen-bond acceptors (Lipinski definition) is 2. The van der Waals surface area contributed by atoms with Gasteiger partial charge in [-0.1, -0.05) is 20.8 Å². The molecular formula is C12H14BrNO3. The van der Waals surface area contributed by atoms with Crippen LogP contribution in [0.25, 0.3) is 0 Å². The Labute approximate surface area is 108 Å². The summed E-state index contributed by atoms with van der Waals surface area (Å²) in [6.07, 6.45) is 0. The molecule has 17 heavy (non-hydrogen) atoms. The number of halogens is 1. The molecule has 0 saturated heterocycles. The number of nitrogens with one attached hydrogen (secondary N) is 1. The van der Waals surface area contributed by atoms with E-state index in [2.05, 4.69) is 21.2 Å². The molecule has 0 atom stereocenters. The van der Waals surface area contributed by atoms with E-state index in [4.69, 9.17) is 5.11 Å². The van der Waals surface area contributed by atoms with Crippen molar-refractivity contribution in [3.05, 3.63) is 28.2 Å². The first kappa shape index (κ1) is 13.7. The second-order valence-electron chi connectivity index (χ2n) is 4.70. The van der Waals surface area contributed by atoms with Gasteiger partial charge in [0.1, 0.15) is 0 Å². The minimum absolute atomic E-state index is 0.124. The number of carboxylic acids is 1. The molecule has 0 aliphatic carbocycles. The van der Waals surface area contributed by atoms with Crippen molar-refractivity contribution in [2.24, 2.45) is 5.41 Å². The Kier molecular flexibility index (Phi) is 3.93. The van der Waals surface area contributed by atoms with Gasteiger partial charge in [0.05, 0.1) is 11.3 Å². The molecule has 0 radical (unpaired) electrons. The first-order valence-electron chi connectivity index (χ1n) is 5.06. The lowest BCUT2D eigenvalue weighted by atomic mass is 9.95. The third-order valence-corrected chi connectivity index (χ3v) is 2.80. The lowest BCUT2D eigenvalue weighted by molar-refractivity contribution is -0.123. The zero-order chi connectivity index (χ0) is 13.2. The summed E-state index contributed by atoms with van der Waals surface area (Å²) in [6.45, 7) is 5.42. The number of hydrogen-bond donors (Lipinski definition) is 2. The average Bonchev–Trinajstić information content (AvgIpc) is 2.19. The number of aromatic carboxylic acids is 1. The van der Waals surface area contributed by atoms with Gasteiger partial charge in [0.15, 0.2) is 0 Å². The minimum Gasteiger partial charge on any atom is -0.478 e. The predicted molar refractivity (Wildman–Crippen MR) is 69.2 cm³/mol. The summed E-state index contributed by atoms with van der Waals surface area (Å²) in [5.41, 5.74) is 0.241. The highest BCUT2D eigenvalue weighted by Gasteiger charge is 2.22. The Morgan fingerprint density at radius 3 is 2.29 bits per heavy atom. The van der Waals surface area contributed by atoms with E-state index < -0.39 is 11.4 Å². The zero-order valence-electron chi connectivity index (χ0n) is 9.87. The number of amides is 1. The molecule has 0 bridgehead atoms. The molecule has 92 valence electrons. The number of carboxylic acid groups (broad SMARTS) is 1. The Morgan fingerprint density at radius 1 is 1.29 bits per heavy atom. The fourth-order valence-corrected chi connectivity index (χ4v) is 1.54. The number of rotatable bonds is 2. The van der Waals surface area contributed by atoms with Crippen molar-refractivity contribution in [3.8, 4) is 0 Å². The van der Waals surface area contributed by atoms with Gasteiger partial charge in [0, 0.05) is 9.89 Å². The van der Waals surface area contributed by atoms with Crippen LogP contribution in [0.4, 0.5) is 5.69 Å². The van der Waals surface area contributed by atoms with Crippen LogP contribution in [0.5, 0.6) is 0 Å². The van der Waals surface area contributed by atoms with E-state index >= 15 is 0 Å². The van der Waals surface area contributed by atoms with Gasteiger partial charge in [-0.25, -0.2) is 4.79 Å². The highest BCUT2D eigenvalue weighted by Crippen LogP contribution is 2.26. The third kappa shape index (κ3) is 3.56. The molecule has 1 amide bonds. The molecular weight excluding hydrogens is 286 g/mol. The van der Waals surface area contributed by atoms with Crippen molar-refractivity contribution in [3.63, 3.8) is 0 Å². The maximum absolute atomic E-state index is 11.8. The van der Waals surface area contributed by atoms with Gasteiger partial charge >= 0.3 is 5.97 Å². The SMILES string of the molecule is CC(C)(C)C(=O)Nc1ccc(C(=O)O)cc1Br. The summed E-state index contributed by atoms with van der Waals surface area (Å²) < 4.78 is 0.551. The van der Waals surface area contributed by atoms with Gasteiger partial charge in [-0.3, -0.25) is 4.79 Å². The lowest BCUT2D eigenvalue weighted by Gasteiger charge is -2.18. The molecule has 5 heteroatoms. The van der Waals surface area contributed by atoms with Crippen molar-refractivity contribution in [1.29, 1.82) is 0 Å². The molecule has 0 unspecified atom stereocenters. The van der Waals surface area contributed by atoms with E-state index in [1.54, 1.807) is 6.07 Å². The molecule has 0 aliphatic heterocycles. The standard InChI is InChI=1S/C12H14BrNO3/c1-12(2,3)11(17)14-9-5-4-7(10(15)16)6-8(9)13/h4-6H,1-3H3,(H,14,17)(H,15,16). The molecule has 4 nitrogen and oxygen atoms in total. The molecule has 0 saturated carbocycles. The van der Waals surface area contributed by atoms with E-state index in [1.165, 1.54) is 12.1 Å². The normalized spacial score (nSPS) is 11.1. The number of anilines is 1. The van der Waals surface area contributed by atoms with Crippen LogP contribution in [-0.2, 0) is 4.79 Å². The molecule has 0 fully saturated rings. The first-order valence-corrected chi connectivity index (χ1v) is 5.85. The maximum Gasteiger partial charge on any atom is 0.335 e. The quantitative estimate of drug-likeness (QED) is 0.881. The Hall–Kier alpha value is -1.36. The van der Waals surface area contributed by atoms with Crippen LogP contribution in [0, 0.1) is 5.41 Å². The summed E-state index contributed by atoms with van der Waals surface area (Å²) in [6, 6.07) is 4.48. The molecule has 1 rings (SSSR count). The Balaban J connectivity index is 2.95. The van der Waals surface area contributed by atoms with Crippen molar-refractivity contribution < 1.29 is 14.7 Å². The maximum atomic E-state index is 11.8. The van der Waals surface area contributed by atoms with Gasteiger partial charge in [0.25, 0.3) is 0 Å². The van der Waals surface area contributed by atoms with Crippen LogP contribution < -0.4 is 5.32 Å². The zero-order valence-corrected chi connectivity index (χ0v) is 11.5. The van der Waals surface area contributed by atoms with Crippen LogP contribution in [0.2, 0.25) is 0 Å². The fraction of sp³-hybridized carbons (Fsp3) is 0.333. The molecule has 1 aromatic carbocycles. The summed E-state index contributed by atoms with van der Waals surface area (Å²) in [4.78, 5) is 22.5. The van der Waals surface area contributed by atoms with Gasteiger partial charge in [0.2, 0.25) is 5.91 Å². The average molecular weight is 300 g/mol. The predicted octanol–water partition coefficient (Wildman–Crippen LogP) is 3.13. The smallest absolute Gasteiger partial charge is 0.335 e. The molecule has 2 N–H and O–H groups in total. The van der Waals surface area contributed by atoms with Gasteiger partial charge in [-0.15, -0.1) is 0 Å². The largest absolute Gasteiger partial charge is 0.478 e. The number of benzene rings is 1. The third-order valence-electron chi connectivity index (χ3n) is 2.15. The molecule has 0 aromatic heterocycles. The van der Waals surface area contributed by atoms with E-state index in [0.717, 1.165) is 0 Å². The molecule has 1 aromatic rings. The summed E-state index contributed by atoms with van der Waals surface area (Å²) >= 11 is 3.23. The molecule has 0 aliphatic rings. The Bertz CT molecular complexity index is 463. The second-order valence-corrected chi connectivity index (χ2v) is 5.56. The first-order chi connectivity index (χ1) is 7.71. The fourth-order valence-electron chi connectivity index (χ4n) is 1.06. The van der Waals surface area contributed by atoms with Gasteiger partial charge < -0.3 is 10.4 Å². The molecule has 0 heterocycles. The lowest BCUT2D eigenvalue weighted by Crippen LogP contribution is -2.27. The van der Waals surface area contributed by atoms with Crippen LogP contribution in [0.15, 0.2) is 22.7 Å². The topological polar surface area (TPSA) is 66.4 Å². The van der Waals surface area contributed by atoms with Crippen LogP contribution in [0.1, 0.15) is 31.1 Å². The van der Waals surface area contributed by atoms with E-state index in [0.29, 0.717) is 10.2 Å². The van der Waals surface area contributed by atoms with Crippen LogP contribution >= 0.6 is 15.9 Å². The second kappa shape index (κ2) is 4.87. The molecule has 0 spiro atoms. The van der Waals surface area contributed by atoms with Crippen molar-refractivity contribution in [1.82, 2.24) is 0 Å². The number of carbonyl (C=O) groups excluding carboxylic acids is 1. The van der Waals surface area contributed by atoms with E-state index in [1.807, 2.05) is 20.8 Å². The van der Waals surface area contributed by atoms with Crippen LogP contribution in [0.3, 0.4) is 0 Å². The summed E-state index contributed by atoms with van der Waals surface area (Å²) in [5, 5.41) is 11.5. The summed E-state index contributed by atoms with van der Waals surface area (Å²) in [7, 11) is 0. The highest BCUT2D eigenvalue weighted by atomic mass is 79.9. The van der Waals surface area contributed by atoms with Crippen molar-refractivity contribution >= 4 is 33.5 Å². The summed E-state index contributed by atoms with van der Waals surface area (Å²) in [5.74, 6) is -1.12. The number of carbonyl (C=O) groups is 2. The van der Waals surface area contributed by atoms with Gasteiger partial charge in [-0.2, -0.15) is 0 Å². The van der Waals surface area contributed by atoms with E-state index in [9.17, 15) is 9.59 Å². The van der Waals surface area contributed by atoms with Crippen molar-refractivity contribution in [2.75, 3.05) is 5.32 Å². The van der Waals surface area contributed by atoms with Crippen LogP contribution in [-0.4, -0.2) is 17.0 Å². The highest BCUT2D eigenvalue weighted by molar-refractivity contribution is 9.10. The monoisotopic (exact) mass is 299 g/mol.